The van der Waals surface area contributed by atoms with E-state index in [9.17, 15) is 4.79 Å². The minimum atomic E-state index is -0.791. The topological polar surface area (TPSA) is 78.4 Å². The molecule has 6 nitrogen and oxygen atoms in total. The molecule has 2 N–H and O–H groups in total. The van der Waals surface area contributed by atoms with Crippen LogP contribution in [-0.2, 0) is 11.3 Å². The zero-order valence-electron chi connectivity index (χ0n) is 8.83. The minimum absolute atomic E-state index is 0.469. The van der Waals surface area contributed by atoms with Crippen molar-refractivity contribution in [2.24, 2.45) is 0 Å². The molecule has 6 heteroatoms. The molecule has 0 saturated carbocycles. The van der Waals surface area contributed by atoms with Crippen molar-refractivity contribution in [3.8, 4) is 0 Å². The average molecular weight is 222 g/mol. The summed E-state index contributed by atoms with van der Waals surface area (Å²) in [5.41, 5.74) is 0.850. The van der Waals surface area contributed by atoms with Crippen LogP contribution in [-0.4, -0.2) is 51.6 Å². The monoisotopic (exact) mass is 222 g/mol. The quantitative estimate of drug-likeness (QED) is 0.706. The minimum Gasteiger partial charge on any atom is -0.480 e. The highest BCUT2D eigenvalue weighted by Crippen LogP contribution is 2.08. The van der Waals surface area contributed by atoms with Crippen molar-refractivity contribution in [2.75, 3.05) is 19.6 Å². The zero-order chi connectivity index (χ0) is 11.4. The Bertz CT molecular complexity index is 357. The van der Waals surface area contributed by atoms with Gasteiger partial charge in [-0.3, -0.25) is 9.69 Å². The second kappa shape index (κ2) is 5.00. The third-order valence-corrected chi connectivity index (χ3v) is 2.65. The zero-order valence-corrected chi connectivity index (χ0v) is 8.83. The fourth-order valence-corrected chi connectivity index (χ4v) is 1.80. The summed E-state index contributed by atoms with van der Waals surface area (Å²) in [5, 5.41) is 12.1. The summed E-state index contributed by atoms with van der Waals surface area (Å²) >= 11 is 0. The van der Waals surface area contributed by atoms with Gasteiger partial charge < -0.3 is 10.4 Å². The molecular weight excluding hydrogens is 208 g/mol. The third-order valence-electron chi connectivity index (χ3n) is 2.65. The molecule has 0 aliphatic carbocycles. The van der Waals surface area contributed by atoms with Gasteiger partial charge in [-0.25, -0.2) is 9.97 Å². The SMILES string of the molecule is O=C(O)C1CNCCN1Cc1ccncn1. The summed E-state index contributed by atoms with van der Waals surface area (Å²) in [6.07, 6.45) is 3.15. The summed E-state index contributed by atoms with van der Waals surface area (Å²) in [6.45, 7) is 2.58. The standard InChI is InChI=1S/C10H14N4O2/c15-10(16)9-5-11-3-4-14(9)6-8-1-2-12-7-13-8/h1-2,7,9,11H,3-6H2,(H,15,16). The van der Waals surface area contributed by atoms with E-state index in [-0.39, 0.29) is 0 Å². The van der Waals surface area contributed by atoms with E-state index in [1.165, 1.54) is 6.33 Å². The van der Waals surface area contributed by atoms with E-state index < -0.39 is 12.0 Å². The van der Waals surface area contributed by atoms with E-state index in [2.05, 4.69) is 15.3 Å². The Morgan fingerprint density at radius 2 is 2.56 bits per heavy atom. The number of carboxylic acid groups (broad SMARTS) is 1. The molecule has 1 saturated heterocycles. The van der Waals surface area contributed by atoms with Crippen LogP contribution in [0, 0.1) is 0 Å². The van der Waals surface area contributed by atoms with Gasteiger partial charge in [-0.2, -0.15) is 0 Å². The molecule has 1 fully saturated rings. The summed E-state index contributed by atoms with van der Waals surface area (Å²) < 4.78 is 0. The van der Waals surface area contributed by atoms with Crippen LogP contribution in [0.25, 0.3) is 0 Å². The van der Waals surface area contributed by atoms with E-state index in [4.69, 9.17) is 5.11 Å². The van der Waals surface area contributed by atoms with Crippen LogP contribution in [0.5, 0.6) is 0 Å². The molecule has 1 aromatic rings. The smallest absolute Gasteiger partial charge is 0.322 e. The van der Waals surface area contributed by atoms with Crippen LogP contribution < -0.4 is 5.32 Å². The van der Waals surface area contributed by atoms with Crippen LogP contribution in [0.4, 0.5) is 0 Å². The molecule has 1 aromatic heterocycles. The molecular formula is C10H14N4O2. The number of carbonyl (C=O) groups is 1. The molecule has 0 radical (unpaired) electrons. The van der Waals surface area contributed by atoms with Gasteiger partial charge in [0, 0.05) is 32.4 Å². The highest BCUT2D eigenvalue weighted by molar-refractivity contribution is 5.73. The van der Waals surface area contributed by atoms with Crippen molar-refractivity contribution in [3.63, 3.8) is 0 Å². The van der Waals surface area contributed by atoms with Gasteiger partial charge in [0.2, 0.25) is 0 Å². The molecule has 1 atom stereocenters. The maximum absolute atomic E-state index is 11.0. The molecule has 1 aliphatic rings. The number of piperazine rings is 1. The van der Waals surface area contributed by atoms with Crippen LogP contribution >= 0.6 is 0 Å². The summed E-state index contributed by atoms with van der Waals surface area (Å²) in [6, 6.07) is 1.34. The molecule has 1 aliphatic heterocycles. The van der Waals surface area contributed by atoms with E-state index >= 15 is 0 Å². The van der Waals surface area contributed by atoms with Gasteiger partial charge in [0.05, 0.1) is 5.69 Å². The molecule has 16 heavy (non-hydrogen) atoms. The van der Waals surface area contributed by atoms with Gasteiger partial charge in [-0.15, -0.1) is 0 Å². The number of aromatic nitrogens is 2. The Balaban J connectivity index is 2.04. The number of hydrogen-bond donors (Lipinski definition) is 2. The maximum Gasteiger partial charge on any atom is 0.322 e. The van der Waals surface area contributed by atoms with Crippen molar-refractivity contribution < 1.29 is 9.90 Å². The fraction of sp³-hybridized carbons (Fsp3) is 0.500. The number of aliphatic carboxylic acids is 1. The Labute approximate surface area is 93.3 Å². The number of nitrogens with one attached hydrogen (secondary N) is 1. The summed E-state index contributed by atoms with van der Waals surface area (Å²) in [4.78, 5) is 20.9. The van der Waals surface area contributed by atoms with Crippen LogP contribution in [0.15, 0.2) is 18.6 Å². The molecule has 0 bridgehead atoms. The number of rotatable bonds is 3. The normalized spacial score (nSPS) is 21.9. The third kappa shape index (κ3) is 2.53. The Morgan fingerprint density at radius 3 is 3.25 bits per heavy atom. The van der Waals surface area contributed by atoms with Gasteiger partial charge in [0.15, 0.2) is 0 Å². The lowest BCUT2D eigenvalue weighted by Gasteiger charge is -2.32. The van der Waals surface area contributed by atoms with Gasteiger partial charge in [0.1, 0.15) is 12.4 Å². The second-order valence-corrected chi connectivity index (χ2v) is 3.73. The van der Waals surface area contributed by atoms with Crippen LogP contribution in [0.3, 0.4) is 0 Å². The lowest BCUT2D eigenvalue weighted by atomic mass is 10.2. The first-order valence-electron chi connectivity index (χ1n) is 5.20. The van der Waals surface area contributed by atoms with Crippen molar-refractivity contribution in [1.29, 1.82) is 0 Å². The number of hydrogen-bond acceptors (Lipinski definition) is 5. The van der Waals surface area contributed by atoms with E-state index in [1.807, 2.05) is 4.90 Å². The predicted octanol–water partition coefficient (Wildman–Crippen LogP) is -0.665. The van der Waals surface area contributed by atoms with Gasteiger partial charge >= 0.3 is 5.97 Å². The Kier molecular flexibility index (Phi) is 3.43. The first-order chi connectivity index (χ1) is 7.77. The number of nitrogens with zero attached hydrogens (tertiary/aromatic N) is 3. The maximum atomic E-state index is 11.0. The van der Waals surface area contributed by atoms with E-state index in [0.717, 1.165) is 18.8 Å². The molecule has 0 amide bonds. The van der Waals surface area contributed by atoms with Crippen molar-refractivity contribution in [3.05, 3.63) is 24.3 Å². The van der Waals surface area contributed by atoms with Crippen molar-refractivity contribution in [2.45, 2.75) is 12.6 Å². The summed E-state index contributed by atoms with van der Waals surface area (Å²) in [7, 11) is 0. The second-order valence-electron chi connectivity index (χ2n) is 3.73. The van der Waals surface area contributed by atoms with Crippen LogP contribution in [0.2, 0.25) is 0 Å². The molecule has 0 spiro atoms. The largest absolute Gasteiger partial charge is 0.480 e. The Hall–Kier alpha value is -1.53. The molecule has 1 unspecified atom stereocenters. The fourth-order valence-electron chi connectivity index (χ4n) is 1.80. The summed E-state index contributed by atoms with van der Waals surface area (Å²) in [5.74, 6) is -0.791. The Morgan fingerprint density at radius 1 is 1.69 bits per heavy atom. The molecule has 0 aromatic carbocycles. The number of carboxylic acids is 1. The van der Waals surface area contributed by atoms with Crippen molar-refractivity contribution in [1.82, 2.24) is 20.2 Å². The lowest BCUT2D eigenvalue weighted by Crippen LogP contribution is -2.54. The highest BCUT2D eigenvalue weighted by Gasteiger charge is 2.28. The highest BCUT2D eigenvalue weighted by atomic mass is 16.4. The average Bonchev–Trinajstić information content (AvgIpc) is 2.31. The lowest BCUT2D eigenvalue weighted by molar-refractivity contribution is -0.144. The van der Waals surface area contributed by atoms with Crippen LogP contribution in [0.1, 0.15) is 5.69 Å². The molecule has 86 valence electrons. The first kappa shape index (κ1) is 11.0. The first-order valence-corrected chi connectivity index (χ1v) is 5.20. The van der Waals surface area contributed by atoms with Gasteiger partial charge in [-0.1, -0.05) is 0 Å². The predicted molar refractivity (Wildman–Crippen MR) is 56.7 cm³/mol. The van der Waals surface area contributed by atoms with Gasteiger partial charge in [-0.05, 0) is 6.07 Å². The van der Waals surface area contributed by atoms with Crippen molar-refractivity contribution >= 4 is 5.97 Å². The molecule has 2 rings (SSSR count). The molecule has 2 heterocycles. The van der Waals surface area contributed by atoms with Gasteiger partial charge in [0.25, 0.3) is 0 Å². The van der Waals surface area contributed by atoms with E-state index in [1.54, 1.807) is 12.3 Å². The van der Waals surface area contributed by atoms with E-state index in [0.29, 0.717) is 13.1 Å².